The molecule has 0 saturated carbocycles. The summed E-state index contributed by atoms with van der Waals surface area (Å²) in [6, 6.07) is 7.67. The van der Waals surface area contributed by atoms with Crippen LogP contribution in [0.1, 0.15) is 18.4 Å². The second-order valence-corrected chi connectivity index (χ2v) is 5.55. The molecule has 0 aromatic heterocycles. The average Bonchev–Trinajstić information content (AvgIpc) is 2.51. The van der Waals surface area contributed by atoms with E-state index < -0.39 is 6.10 Å². The molecule has 1 aromatic carbocycles. The van der Waals surface area contributed by atoms with Gasteiger partial charge in [-0.1, -0.05) is 12.1 Å². The molecule has 22 heavy (non-hydrogen) atoms. The molecule has 1 aliphatic rings. The van der Waals surface area contributed by atoms with Crippen molar-refractivity contribution in [1.82, 2.24) is 10.6 Å². The fraction of sp³-hybridized carbons (Fsp3) is 0.562. The molecule has 5 nitrogen and oxygen atoms in total. The second kappa shape index (κ2) is 9.66. The molecule has 6 heteroatoms. The van der Waals surface area contributed by atoms with Crippen LogP contribution in [0.15, 0.2) is 24.3 Å². The lowest BCUT2D eigenvalue weighted by Gasteiger charge is -2.22. The standard InChI is InChI=1S/C16H24N2O3.ClH/c1-12-3-2-4-15(9-12)21-11-14(19)10-18-16(20)13-5-7-17-8-6-13;/h2-4,9,13-14,17,19H,5-8,10-11H2,1H3,(H,18,20);1H. The van der Waals surface area contributed by atoms with Crippen molar-refractivity contribution in [2.45, 2.75) is 25.9 Å². The predicted molar refractivity (Wildman–Crippen MR) is 88.5 cm³/mol. The summed E-state index contributed by atoms with van der Waals surface area (Å²) in [5.41, 5.74) is 1.11. The smallest absolute Gasteiger partial charge is 0.223 e. The first-order valence-electron chi connectivity index (χ1n) is 7.51. The van der Waals surface area contributed by atoms with Gasteiger partial charge in [-0.3, -0.25) is 4.79 Å². The maximum absolute atomic E-state index is 11.9. The molecule has 1 aliphatic heterocycles. The molecule has 124 valence electrons. The van der Waals surface area contributed by atoms with Crippen LogP contribution < -0.4 is 15.4 Å². The molecule has 1 heterocycles. The highest BCUT2D eigenvalue weighted by molar-refractivity contribution is 5.85. The number of aliphatic hydroxyl groups excluding tert-OH is 1. The Kier molecular flexibility index (Phi) is 8.24. The van der Waals surface area contributed by atoms with Crippen LogP contribution in [0.2, 0.25) is 0 Å². The molecule has 1 unspecified atom stereocenters. The molecule has 0 radical (unpaired) electrons. The fourth-order valence-electron chi connectivity index (χ4n) is 2.40. The third kappa shape index (κ3) is 6.22. The highest BCUT2D eigenvalue weighted by Crippen LogP contribution is 2.13. The maximum Gasteiger partial charge on any atom is 0.223 e. The van der Waals surface area contributed by atoms with Crippen molar-refractivity contribution in [3.63, 3.8) is 0 Å². The number of rotatable bonds is 6. The highest BCUT2D eigenvalue weighted by atomic mass is 35.5. The SMILES string of the molecule is Cc1cccc(OCC(O)CNC(=O)C2CCNCC2)c1.Cl. The molecule has 0 aliphatic carbocycles. The normalized spacial score (nSPS) is 16.5. The van der Waals surface area contributed by atoms with Gasteiger partial charge in [0, 0.05) is 12.5 Å². The van der Waals surface area contributed by atoms with Crippen molar-refractivity contribution in [2.24, 2.45) is 5.92 Å². The van der Waals surface area contributed by atoms with E-state index in [2.05, 4.69) is 10.6 Å². The van der Waals surface area contributed by atoms with E-state index in [1.807, 2.05) is 31.2 Å². The van der Waals surface area contributed by atoms with E-state index in [0.29, 0.717) is 0 Å². The molecule has 1 saturated heterocycles. The number of aliphatic hydroxyl groups is 1. The molecule has 0 bridgehead atoms. The van der Waals surface area contributed by atoms with Crippen LogP contribution in [-0.2, 0) is 4.79 Å². The lowest BCUT2D eigenvalue weighted by Crippen LogP contribution is -2.42. The van der Waals surface area contributed by atoms with Gasteiger partial charge < -0.3 is 20.5 Å². The van der Waals surface area contributed by atoms with Crippen LogP contribution in [0.5, 0.6) is 5.75 Å². The first-order chi connectivity index (χ1) is 10.1. The van der Waals surface area contributed by atoms with E-state index in [-0.39, 0.29) is 37.4 Å². The number of halogens is 1. The Balaban J connectivity index is 0.00000242. The maximum atomic E-state index is 11.9. The van der Waals surface area contributed by atoms with Gasteiger partial charge in [0.2, 0.25) is 5.91 Å². The number of ether oxygens (including phenoxy) is 1. The number of aryl methyl sites for hydroxylation is 1. The molecule has 1 fully saturated rings. The van der Waals surface area contributed by atoms with Gasteiger partial charge in [0.1, 0.15) is 18.5 Å². The summed E-state index contributed by atoms with van der Waals surface area (Å²) in [5.74, 6) is 0.834. The summed E-state index contributed by atoms with van der Waals surface area (Å²) in [4.78, 5) is 11.9. The number of nitrogens with one attached hydrogen (secondary N) is 2. The molecular formula is C16H25ClN2O3. The minimum atomic E-state index is -0.698. The van der Waals surface area contributed by atoms with Gasteiger partial charge in [-0.15, -0.1) is 12.4 Å². The van der Waals surface area contributed by atoms with Crippen LogP contribution in [0.3, 0.4) is 0 Å². The van der Waals surface area contributed by atoms with Crippen molar-refractivity contribution in [2.75, 3.05) is 26.2 Å². The van der Waals surface area contributed by atoms with Crippen LogP contribution in [0.4, 0.5) is 0 Å². The van der Waals surface area contributed by atoms with Gasteiger partial charge in [0.15, 0.2) is 0 Å². The van der Waals surface area contributed by atoms with E-state index in [1.165, 1.54) is 0 Å². The zero-order valence-electron chi connectivity index (χ0n) is 12.9. The van der Waals surface area contributed by atoms with Gasteiger partial charge in [0.25, 0.3) is 0 Å². The van der Waals surface area contributed by atoms with Crippen molar-refractivity contribution >= 4 is 18.3 Å². The zero-order chi connectivity index (χ0) is 15.1. The molecule has 1 amide bonds. The number of hydrogen-bond acceptors (Lipinski definition) is 4. The first kappa shape index (κ1) is 18.7. The number of carbonyl (C=O) groups is 1. The van der Waals surface area contributed by atoms with Gasteiger partial charge in [-0.05, 0) is 50.6 Å². The quantitative estimate of drug-likeness (QED) is 0.735. The summed E-state index contributed by atoms with van der Waals surface area (Å²) in [6.45, 7) is 4.17. The number of benzene rings is 1. The lowest BCUT2D eigenvalue weighted by molar-refractivity contribution is -0.126. The minimum absolute atomic E-state index is 0. The summed E-state index contributed by atoms with van der Waals surface area (Å²) >= 11 is 0. The second-order valence-electron chi connectivity index (χ2n) is 5.55. The largest absolute Gasteiger partial charge is 0.491 e. The molecular weight excluding hydrogens is 304 g/mol. The molecule has 0 spiro atoms. The Hall–Kier alpha value is -1.30. The Bertz CT molecular complexity index is 464. The topological polar surface area (TPSA) is 70.6 Å². The summed E-state index contributed by atoms with van der Waals surface area (Å²) < 4.78 is 5.52. The lowest BCUT2D eigenvalue weighted by atomic mass is 9.97. The minimum Gasteiger partial charge on any atom is -0.491 e. The fourth-order valence-corrected chi connectivity index (χ4v) is 2.40. The molecule has 3 N–H and O–H groups in total. The zero-order valence-corrected chi connectivity index (χ0v) is 13.7. The highest BCUT2D eigenvalue weighted by Gasteiger charge is 2.21. The monoisotopic (exact) mass is 328 g/mol. The van der Waals surface area contributed by atoms with Crippen LogP contribution >= 0.6 is 12.4 Å². The van der Waals surface area contributed by atoms with Crippen LogP contribution in [0, 0.1) is 12.8 Å². The van der Waals surface area contributed by atoms with E-state index >= 15 is 0 Å². The van der Waals surface area contributed by atoms with Crippen LogP contribution in [0.25, 0.3) is 0 Å². The molecule has 1 aromatic rings. The Morgan fingerprint density at radius 1 is 1.45 bits per heavy atom. The van der Waals surface area contributed by atoms with E-state index in [4.69, 9.17) is 4.74 Å². The number of carbonyl (C=O) groups excluding carboxylic acids is 1. The average molecular weight is 329 g/mol. The summed E-state index contributed by atoms with van der Waals surface area (Å²) in [6.07, 6.45) is 1.03. The van der Waals surface area contributed by atoms with Gasteiger partial charge in [-0.2, -0.15) is 0 Å². The third-order valence-electron chi connectivity index (χ3n) is 3.65. The summed E-state index contributed by atoms with van der Waals surface area (Å²) in [7, 11) is 0. The number of piperidine rings is 1. The number of hydrogen-bond donors (Lipinski definition) is 3. The van der Waals surface area contributed by atoms with Crippen molar-refractivity contribution < 1.29 is 14.6 Å². The van der Waals surface area contributed by atoms with E-state index in [0.717, 1.165) is 37.2 Å². The predicted octanol–water partition coefficient (Wildman–Crippen LogP) is 1.27. The Morgan fingerprint density at radius 3 is 2.86 bits per heavy atom. The van der Waals surface area contributed by atoms with E-state index in [9.17, 15) is 9.90 Å². The third-order valence-corrected chi connectivity index (χ3v) is 3.65. The van der Waals surface area contributed by atoms with Crippen molar-refractivity contribution in [3.05, 3.63) is 29.8 Å². The van der Waals surface area contributed by atoms with Gasteiger partial charge >= 0.3 is 0 Å². The summed E-state index contributed by atoms with van der Waals surface area (Å²) in [5, 5.41) is 15.9. The first-order valence-corrected chi connectivity index (χ1v) is 7.51. The van der Waals surface area contributed by atoms with E-state index in [1.54, 1.807) is 0 Å². The van der Waals surface area contributed by atoms with Crippen molar-refractivity contribution in [1.29, 1.82) is 0 Å². The van der Waals surface area contributed by atoms with Gasteiger partial charge in [-0.25, -0.2) is 0 Å². The molecule has 1 atom stereocenters. The number of amides is 1. The Morgan fingerprint density at radius 2 is 2.18 bits per heavy atom. The van der Waals surface area contributed by atoms with Gasteiger partial charge in [0.05, 0.1) is 0 Å². The van der Waals surface area contributed by atoms with Crippen LogP contribution in [-0.4, -0.2) is 43.4 Å². The Labute approximate surface area is 137 Å². The van der Waals surface area contributed by atoms with Crippen molar-refractivity contribution in [3.8, 4) is 5.75 Å². The molecule has 2 rings (SSSR count).